The van der Waals surface area contributed by atoms with Crippen LogP contribution in [-0.4, -0.2) is 37.5 Å². The molecule has 0 spiro atoms. The highest BCUT2D eigenvalue weighted by Gasteiger charge is 2.34. The van der Waals surface area contributed by atoms with E-state index < -0.39 is 23.1 Å². The Kier molecular flexibility index (Phi) is 4.34. The minimum Gasteiger partial charge on any atom is -0.507 e. The summed E-state index contributed by atoms with van der Waals surface area (Å²) in [6.45, 7) is 0.316. The van der Waals surface area contributed by atoms with E-state index in [-0.39, 0.29) is 11.3 Å². The average Bonchev–Trinajstić information content (AvgIpc) is 2.64. The van der Waals surface area contributed by atoms with Crippen LogP contribution in [0.1, 0.15) is 24.8 Å². The lowest BCUT2D eigenvalue weighted by atomic mass is 9.80. The number of rotatable bonds is 4. The number of aromatic hydroxyl groups is 1. The number of aliphatic hydroxyl groups is 1. The third-order valence-electron chi connectivity index (χ3n) is 5.03. The molecule has 0 radical (unpaired) electrons. The highest BCUT2D eigenvalue weighted by atomic mass is 19.4. The van der Waals surface area contributed by atoms with Crippen molar-refractivity contribution in [2.45, 2.75) is 31.0 Å². The topological polar surface area (TPSA) is 91.2 Å². The van der Waals surface area contributed by atoms with E-state index in [0.717, 1.165) is 12.5 Å². The molecule has 1 fully saturated rings. The number of alkyl halides is 3. The SMILES string of the molecule is Oc1cc(C(F)(F)F)ccc1-c1nnc(NCC2(O)CCC2)c2cnccc12. The molecule has 1 aliphatic rings. The predicted octanol–water partition coefficient (Wildman–Crippen LogP) is 3.74. The Balaban J connectivity index is 1.74. The van der Waals surface area contributed by atoms with Crippen LogP contribution in [-0.2, 0) is 6.18 Å². The van der Waals surface area contributed by atoms with Crippen LogP contribution in [0.15, 0.2) is 36.7 Å². The van der Waals surface area contributed by atoms with Gasteiger partial charge in [0.2, 0.25) is 0 Å². The number of nitrogens with one attached hydrogen (secondary N) is 1. The summed E-state index contributed by atoms with van der Waals surface area (Å²) in [5.74, 6) is -0.120. The lowest BCUT2D eigenvalue weighted by molar-refractivity contribution is -0.137. The minimum atomic E-state index is -4.55. The van der Waals surface area contributed by atoms with Gasteiger partial charge in [0.25, 0.3) is 0 Å². The second-order valence-corrected chi connectivity index (χ2v) is 6.98. The molecule has 0 saturated heterocycles. The van der Waals surface area contributed by atoms with Gasteiger partial charge >= 0.3 is 6.18 Å². The van der Waals surface area contributed by atoms with Crippen molar-refractivity contribution < 1.29 is 23.4 Å². The number of hydrogen-bond acceptors (Lipinski definition) is 6. The second-order valence-electron chi connectivity index (χ2n) is 6.98. The second kappa shape index (κ2) is 6.59. The zero-order valence-electron chi connectivity index (χ0n) is 14.7. The van der Waals surface area contributed by atoms with E-state index in [1.807, 2.05) is 0 Å². The zero-order chi connectivity index (χ0) is 19.9. The van der Waals surface area contributed by atoms with Crippen molar-refractivity contribution in [3.63, 3.8) is 0 Å². The first-order valence-corrected chi connectivity index (χ1v) is 8.74. The zero-order valence-corrected chi connectivity index (χ0v) is 14.7. The highest BCUT2D eigenvalue weighted by molar-refractivity contribution is 6.00. The van der Waals surface area contributed by atoms with Crippen molar-refractivity contribution in [2.75, 3.05) is 11.9 Å². The third-order valence-corrected chi connectivity index (χ3v) is 5.03. The molecule has 28 heavy (non-hydrogen) atoms. The number of fused-ring (bicyclic) bond motifs is 1. The fourth-order valence-electron chi connectivity index (χ4n) is 3.25. The van der Waals surface area contributed by atoms with Crippen LogP contribution in [0.5, 0.6) is 5.75 Å². The van der Waals surface area contributed by atoms with Gasteiger partial charge in [0.1, 0.15) is 11.4 Å². The summed E-state index contributed by atoms with van der Waals surface area (Å²) in [4.78, 5) is 4.07. The van der Waals surface area contributed by atoms with E-state index in [2.05, 4.69) is 20.5 Å². The normalized spacial score (nSPS) is 16.0. The van der Waals surface area contributed by atoms with Crippen LogP contribution in [0.3, 0.4) is 0 Å². The molecule has 1 saturated carbocycles. The predicted molar refractivity (Wildman–Crippen MR) is 96.7 cm³/mol. The quantitative estimate of drug-likeness (QED) is 0.629. The van der Waals surface area contributed by atoms with Crippen molar-refractivity contribution >= 4 is 16.6 Å². The summed E-state index contributed by atoms with van der Waals surface area (Å²) >= 11 is 0. The maximum absolute atomic E-state index is 12.8. The molecular formula is C19H17F3N4O2. The molecule has 1 aromatic carbocycles. The van der Waals surface area contributed by atoms with Gasteiger partial charge in [-0.05, 0) is 43.5 Å². The molecule has 3 N–H and O–H groups in total. The van der Waals surface area contributed by atoms with Gasteiger partial charge in [0, 0.05) is 35.3 Å². The summed E-state index contributed by atoms with van der Waals surface area (Å²) in [6.07, 6.45) is 0.920. The molecule has 1 aliphatic carbocycles. The average molecular weight is 390 g/mol. The fraction of sp³-hybridized carbons (Fsp3) is 0.316. The van der Waals surface area contributed by atoms with Crippen LogP contribution in [0, 0.1) is 0 Å². The Bertz CT molecular complexity index is 1040. The summed E-state index contributed by atoms with van der Waals surface area (Å²) in [5.41, 5.74) is -1.32. The van der Waals surface area contributed by atoms with Crippen LogP contribution >= 0.6 is 0 Å². The first-order chi connectivity index (χ1) is 13.3. The number of hydrogen-bond donors (Lipinski definition) is 3. The van der Waals surface area contributed by atoms with E-state index in [0.29, 0.717) is 42.0 Å². The number of benzene rings is 1. The molecule has 146 valence electrons. The largest absolute Gasteiger partial charge is 0.507 e. The van der Waals surface area contributed by atoms with Gasteiger partial charge in [-0.2, -0.15) is 13.2 Å². The van der Waals surface area contributed by atoms with Gasteiger partial charge in [0.05, 0.1) is 11.2 Å². The Morgan fingerprint density at radius 1 is 1.11 bits per heavy atom. The van der Waals surface area contributed by atoms with E-state index in [9.17, 15) is 23.4 Å². The van der Waals surface area contributed by atoms with Gasteiger partial charge in [-0.25, -0.2) is 0 Å². The molecule has 0 aliphatic heterocycles. The van der Waals surface area contributed by atoms with Crippen molar-refractivity contribution in [3.05, 3.63) is 42.2 Å². The Morgan fingerprint density at radius 2 is 1.89 bits per heavy atom. The summed E-state index contributed by atoms with van der Waals surface area (Å²) in [5, 5.41) is 32.9. The molecule has 9 heteroatoms. The molecule has 6 nitrogen and oxygen atoms in total. The Labute approximate surface area is 158 Å². The standard InChI is InChI=1S/C19H17F3N4O2/c20-19(21,22)11-2-3-13(15(27)8-11)16-12-4-7-23-9-14(12)17(26-25-16)24-10-18(28)5-1-6-18/h2-4,7-9,27-28H,1,5-6,10H2,(H,24,26). The highest BCUT2D eigenvalue weighted by Crippen LogP contribution is 2.39. The summed E-state index contributed by atoms with van der Waals surface area (Å²) in [7, 11) is 0. The van der Waals surface area contributed by atoms with Crippen molar-refractivity contribution in [2.24, 2.45) is 0 Å². The smallest absolute Gasteiger partial charge is 0.416 e. The van der Waals surface area contributed by atoms with Gasteiger partial charge < -0.3 is 15.5 Å². The number of phenols is 1. The monoisotopic (exact) mass is 390 g/mol. The van der Waals surface area contributed by atoms with Crippen molar-refractivity contribution in [1.29, 1.82) is 0 Å². The molecule has 4 rings (SSSR count). The first kappa shape index (κ1) is 18.4. The third kappa shape index (κ3) is 3.33. The maximum Gasteiger partial charge on any atom is 0.416 e. The molecule has 2 aromatic heterocycles. The first-order valence-electron chi connectivity index (χ1n) is 8.74. The molecule has 0 amide bonds. The number of nitrogens with zero attached hydrogens (tertiary/aromatic N) is 3. The molecule has 0 bridgehead atoms. The molecule has 0 atom stereocenters. The lowest BCUT2D eigenvalue weighted by Crippen LogP contribution is -2.43. The Morgan fingerprint density at radius 3 is 2.54 bits per heavy atom. The minimum absolute atomic E-state index is 0.140. The van der Waals surface area contributed by atoms with Gasteiger partial charge in [0.15, 0.2) is 5.82 Å². The fourth-order valence-corrected chi connectivity index (χ4v) is 3.25. The van der Waals surface area contributed by atoms with Gasteiger partial charge in [-0.3, -0.25) is 4.98 Å². The van der Waals surface area contributed by atoms with E-state index >= 15 is 0 Å². The van der Waals surface area contributed by atoms with E-state index in [1.165, 1.54) is 12.3 Å². The number of anilines is 1. The van der Waals surface area contributed by atoms with Crippen molar-refractivity contribution in [3.8, 4) is 17.0 Å². The lowest BCUT2D eigenvalue weighted by Gasteiger charge is -2.36. The van der Waals surface area contributed by atoms with E-state index in [1.54, 1.807) is 12.3 Å². The van der Waals surface area contributed by atoms with Crippen LogP contribution < -0.4 is 5.32 Å². The number of aromatic nitrogens is 3. The van der Waals surface area contributed by atoms with Crippen LogP contribution in [0.2, 0.25) is 0 Å². The van der Waals surface area contributed by atoms with Gasteiger partial charge in [-0.15, -0.1) is 10.2 Å². The van der Waals surface area contributed by atoms with Crippen LogP contribution in [0.25, 0.3) is 22.0 Å². The van der Waals surface area contributed by atoms with Gasteiger partial charge in [-0.1, -0.05) is 0 Å². The maximum atomic E-state index is 12.8. The number of halogens is 3. The molecule has 0 unspecified atom stereocenters. The van der Waals surface area contributed by atoms with Crippen molar-refractivity contribution in [1.82, 2.24) is 15.2 Å². The summed E-state index contributed by atoms with van der Waals surface area (Å²) < 4.78 is 38.5. The molecule has 3 aromatic rings. The molecular weight excluding hydrogens is 373 g/mol. The number of pyridine rings is 1. The number of phenolic OH excluding ortho intramolecular Hbond substituents is 1. The molecule has 2 heterocycles. The van der Waals surface area contributed by atoms with E-state index in [4.69, 9.17) is 0 Å². The summed E-state index contributed by atoms with van der Waals surface area (Å²) in [6, 6.07) is 4.39. The van der Waals surface area contributed by atoms with Crippen LogP contribution in [0.4, 0.5) is 19.0 Å². The Hall–Kier alpha value is -2.94.